The van der Waals surface area contributed by atoms with E-state index in [1.54, 1.807) is 11.3 Å². The molecular formula is C15H25N3O2S. The Kier molecular flexibility index (Phi) is 5.35. The first-order valence-corrected chi connectivity index (χ1v) is 8.36. The molecule has 1 fully saturated rings. The van der Waals surface area contributed by atoms with E-state index in [-0.39, 0.29) is 17.4 Å². The minimum Gasteiger partial charge on any atom is -0.465 e. The maximum absolute atomic E-state index is 12.0. The molecule has 0 amide bonds. The van der Waals surface area contributed by atoms with E-state index in [2.05, 4.69) is 36.4 Å². The number of ether oxygens (including phenoxy) is 1. The third kappa shape index (κ3) is 4.25. The zero-order valence-electron chi connectivity index (χ0n) is 13.3. The van der Waals surface area contributed by atoms with Crippen LogP contribution in [0.15, 0.2) is 5.38 Å². The van der Waals surface area contributed by atoms with Gasteiger partial charge in [-0.25, -0.2) is 4.98 Å². The molecule has 1 unspecified atom stereocenters. The van der Waals surface area contributed by atoms with E-state index in [9.17, 15) is 4.79 Å². The van der Waals surface area contributed by atoms with Crippen LogP contribution in [0.25, 0.3) is 0 Å². The second kappa shape index (κ2) is 6.85. The van der Waals surface area contributed by atoms with E-state index in [0.29, 0.717) is 19.7 Å². The summed E-state index contributed by atoms with van der Waals surface area (Å²) in [6.45, 7) is 11.9. The van der Waals surface area contributed by atoms with Gasteiger partial charge in [0.25, 0.3) is 0 Å². The molecule has 118 valence electrons. The lowest BCUT2D eigenvalue weighted by Crippen LogP contribution is -2.54. The van der Waals surface area contributed by atoms with Gasteiger partial charge in [-0.15, -0.1) is 11.3 Å². The highest BCUT2D eigenvalue weighted by molar-refractivity contribution is 7.09. The fourth-order valence-electron chi connectivity index (χ4n) is 2.34. The van der Waals surface area contributed by atoms with Crippen molar-refractivity contribution in [2.75, 3.05) is 26.2 Å². The molecule has 1 aliphatic rings. The molecule has 1 saturated heterocycles. The molecule has 1 aromatic rings. The van der Waals surface area contributed by atoms with Crippen molar-refractivity contribution in [2.45, 2.75) is 45.7 Å². The molecule has 0 saturated carbocycles. The second-order valence-corrected chi connectivity index (χ2v) is 7.19. The first-order chi connectivity index (χ1) is 9.91. The van der Waals surface area contributed by atoms with E-state index in [4.69, 9.17) is 9.72 Å². The molecule has 1 aliphatic heterocycles. The zero-order chi connectivity index (χ0) is 15.5. The van der Waals surface area contributed by atoms with Gasteiger partial charge in [-0.2, -0.15) is 0 Å². The third-order valence-electron chi connectivity index (χ3n) is 3.47. The van der Waals surface area contributed by atoms with Crippen LogP contribution in [0, 0.1) is 0 Å². The fraction of sp³-hybridized carbons (Fsp3) is 0.733. The summed E-state index contributed by atoms with van der Waals surface area (Å²) in [6, 6.07) is -0.210. The summed E-state index contributed by atoms with van der Waals surface area (Å²) in [4.78, 5) is 18.9. The minimum absolute atomic E-state index is 0.0763. The van der Waals surface area contributed by atoms with Crippen LogP contribution in [0.1, 0.15) is 38.4 Å². The molecular weight excluding hydrogens is 286 g/mol. The molecule has 0 aromatic carbocycles. The molecule has 1 aromatic heterocycles. The van der Waals surface area contributed by atoms with Crippen LogP contribution in [0.4, 0.5) is 0 Å². The predicted molar refractivity (Wildman–Crippen MR) is 84.5 cm³/mol. The summed E-state index contributed by atoms with van der Waals surface area (Å²) in [6.07, 6.45) is 0. The van der Waals surface area contributed by atoms with Crippen molar-refractivity contribution in [2.24, 2.45) is 0 Å². The van der Waals surface area contributed by atoms with E-state index in [1.807, 2.05) is 6.92 Å². The normalized spacial score (nSPS) is 20.5. The van der Waals surface area contributed by atoms with E-state index >= 15 is 0 Å². The van der Waals surface area contributed by atoms with Crippen molar-refractivity contribution in [1.82, 2.24) is 15.2 Å². The Morgan fingerprint density at radius 1 is 1.57 bits per heavy atom. The number of rotatable bonds is 4. The number of nitrogens with one attached hydrogen (secondary N) is 1. The van der Waals surface area contributed by atoms with Crippen molar-refractivity contribution in [3.05, 3.63) is 16.1 Å². The summed E-state index contributed by atoms with van der Waals surface area (Å²) in [5.74, 6) is -0.143. The Morgan fingerprint density at radius 3 is 2.95 bits per heavy atom. The van der Waals surface area contributed by atoms with Gasteiger partial charge in [0.2, 0.25) is 0 Å². The topological polar surface area (TPSA) is 54.5 Å². The number of esters is 1. The number of nitrogens with zero attached hydrogens (tertiary/aromatic N) is 2. The highest BCUT2D eigenvalue weighted by Gasteiger charge is 2.30. The molecule has 0 radical (unpaired) electrons. The van der Waals surface area contributed by atoms with E-state index in [0.717, 1.165) is 23.8 Å². The smallest absolute Gasteiger partial charge is 0.324 e. The van der Waals surface area contributed by atoms with Gasteiger partial charge in [0.05, 0.1) is 17.3 Å². The van der Waals surface area contributed by atoms with E-state index < -0.39 is 0 Å². The number of hydrogen-bond donors (Lipinski definition) is 1. The van der Waals surface area contributed by atoms with Gasteiger partial charge < -0.3 is 10.1 Å². The Morgan fingerprint density at radius 2 is 2.33 bits per heavy atom. The van der Waals surface area contributed by atoms with Crippen molar-refractivity contribution >= 4 is 17.3 Å². The molecule has 2 heterocycles. The lowest BCUT2D eigenvalue weighted by Gasteiger charge is -2.33. The summed E-state index contributed by atoms with van der Waals surface area (Å²) in [5.41, 5.74) is 1.12. The van der Waals surface area contributed by atoms with Gasteiger partial charge in [-0.3, -0.25) is 9.69 Å². The third-order valence-corrected chi connectivity index (χ3v) is 4.79. The number of hydrogen-bond acceptors (Lipinski definition) is 6. The second-order valence-electron chi connectivity index (χ2n) is 6.34. The maximum Gasteiger partial charge on any atom is 0.324 e. The highest BCUT2D eigenvalue weighted by Crippen LogP contribution is 2.26. The average Bonchev–Trinajstić information content (AvgIpc) is 2.88. The molecule has 1 N–H and O–H groups in total. The summed E-state index contributed by atoms with van der Waals surface area (Å²) in [5, 5.41) is 6.50. The van der Waals surface area contributed by atoms with Crippen LogP contribution in [0.5, 0.6) is 0 Å². The molecule has 5 nitrogen and oxygen atoms in total. The van der Waals surface area contributed by atoms with Crippen molar-refractivity contribution < 1.29 is 9.53 Å². The number of carbonyl (C=O) groups excluding carboxylic acids is 1. The van der Waals surface area contributed by atoms with Crippen LogP contribution < -0.4 is 5.32 Å². The van der Waals surface area contributed by atoms with Gasteiger partial charge in [0.1, 0.15) is 6.04 Å². The highest BCUT2D eigenvalue weighted by atomic mass is 32.1. The number of piperazine rings is 1. The standard InChI is InChI=1S/C15H25N3O2S/c1-5-20-13(19)12-8-16-6-7-18(12)9-11-10-21-14(17-11)15(2,3)4/h10,12,16H,5-9H2,1-4H3. The maximum atomic E-state index is 12.0. The van der Waals surface area contributed by atoms with Crippen molar-refractivity contribution in [3.8, 4) is 0 Å². The van der Waals surface area contributed by atoms with Gasteiger partial charge in [-0.05, 0) is 6.92 Å². The lowest BCUT2D eigenvalue weighted by molar-refractivity contribution is -0.150. The first kappa shape index (κ1) is 16.4. The van der Waals surface area contributed by atoms with Gasteiger partial charge in [-0.1, -0.05) is 20.8 Å². The Balaban J connectivity index is 2.05. The quantitative estimate of drug-likeness (QED) is 0.859. The summed E-state index contributed by atoms with van der Waals surface area (Å²) < 4.78 is 5.17. The van der Waals surface area contributed by atoms with Crippen LogP contribution >= 0.6 is 11.3 Å². The number of carbonyl (C=O) groups is 1. The van der Waals surface area contributed by atoms with Gasteiger partial charge in [0, 0.05) is 37.0 Å². The van der Waals surface area contributed by atoms with Crippen LogP contribution in [0.3, 0.4) is 0 Å². The monoisotopic (exact) mass is 311 g/mol. The van der Waals surface area contributed by atoms with Crippen LogP contribution in [-0.2, 0) is 21.5 Å². The molecule has 0 bridgehead atoms. The van der Waals surface area contributed by atoms with Crippen molar-refractivity contribution in [1.29, 1.82) is 0 Å². The van der Waals surface area contributed by atoms with Gasteiger partial charge in [0.15, 0.2) is 0 Å². The first-order valence-electron chi connectivity index (χ1n) is 7.48. The van der Waals surface area contributed by atoms with E-state index in [1.165, 1.54) is 0 Å². The molecule has 21 heavy (non-hydrogen) atoms. The molecule has 0 spiro atoms. The fourth-order valence-corrected chi connectivity index (χ4v) is 3.24. The van der Waals surface area contributed by atoms with Gasteiger partial charge >= 0.3 is 5.97 Å². The molecule has 0 aliphatic carbocycles. The lowest BCUT2D eigenvalue weighted by atomic mass is 9.98. The number of thiazole rings is 1. The Hall–Kier alpha value is -0.980. The van der Waals surface area contributed by atoms with Crippen LogP contribution in [-0.4, -0.2) is 48.1 Å². The zero-order valence-corrected chi connectivity index (χ0v) is 14.1. The van der Waals surface area contributed by atoms with Crippen LogP contribution in [0.2, 0.25) is 0 Å². The minimum atomic E-state index is -0.210. The molecule has 6 heteroatoms. The molecule has 2 rings (SSSR count). The SMILES string of the molecule is CCOC(=O)C1CNCCN1Cc1csc(C(C)(C)C)n1. The Labute approximate surface area is 130 Å². The number of aromatic nitrogens is 1. The largest absolute Gasteiger partial charge is 0.465 e. The predicted octanol–water partition coefficient (Wildman–Crippen LogP) is 1.78. The summed E-state index contributed by atoms with van der Waals surface area (Å²) >= 11 is 1.70. The van der Waals surface area contributed by atoms with Crippen molar-refractivity contribution in [3.63, 3.8) is 0 Å². The molecule has 1 atom stereocenters. The average molecular weight is 311 g/mol. The summed E-state index contributed by atoms with van der Waals surface area (Å²) in [7, 11) is 0. The Bertz CT molecular complexity index is 482.